The summed E-state index contributed by atoms with van der Waals surface area (Å²) in [4.78, 5) is 16.1. The van der Waals surface area contributed by atoms with E-state index in [1.54, 1.807) is 20.4 Å². The van der Waals surface area contributed by atoms with Crippen molar-refractivity contribution in [3.63, 3.8) is 0 Å². The Morgan fingerprint density at radius 3 is 2.21 bits per heavy atom. The van der Waals surface area contributed by atoms with Gasteiger partial charge in [-0.15, -0.1) is 0 Å². The Bertz CT molecular complexity index is 1100. The minimum absolute atomic E-state index is 0.369. The van der Waals surface area contributed by atoms with E-state index in [1.165, 1.54) is 6.92 Å². The van der Waals surface area contributed by atoms with Crippen LogP contribution in [0.25, 0.3) is 10.8 Å². The molecule has 0 saturated heterocycles. The van der Waals surface area contributed by atoms with Crippen molar-refractivity contribution in [1.82, 2.24) is 4.98 Å². The van der Waals surface area contributed by atoms with Crippen LogP contribution in [0.2, 0.25) is 0 Å². The number of hydrogen-bond acceptors (Lipinski definition) is 7. The monoisotopic (exact) mass is 453 g/mol. The topological polar surface area (TPSA) is 76.1 Å². The van der Waals surface area contributed by atoms with Crippen LogP contribution in [0, 0.1) is 5.92 Å². The molecule has 0 radical (unpaired) electrons. The number of nitrogens with zero attached hydrogens (tertiary/aromatic N) is 1. The van der Waals surface area contributed by atoms with Gasteiger partial charge < -0.3 is 23.7 Å². The summed E-state index contributed by atoms with van der Waals surface area (Å²) in [6, 6.07) is 7.66. The zero-order valence-electron chi connectivity index (χ0n) is 20.1. The summed E-state index contributed by atoms with van der Waals surface area (Å²) >= 11 is 0. The van der Waals surface area contributed by atoms with E-state index >= 15 is 0 Å². The summed E-state index contributed by atoms with van der Waals surface area (Å²) in [6.07, 6.45) is 4.06. The number of carbonyl (C=O) groups is 1. The highest BCUT2D eigenvalue weighted by atomic mass is 16.6. The highest BCUT2D eigenvalue weighted by Gasteiger charge is 2.18. The van der Waals surface area contributed by atoms with Crippen LogP contribution in [-0.4, -0.2) is 38.4 Å². The lowest BCUT2D eigenvalue weighted by Gasteiger charge is -2.18. The van der Waals surface area contributed by atoms with E-state index in [0.717, 1.165) is 16.5 Å². The maximum atomic E-state index is 11.7. The first-order valence-corrected chi connectivity index (χ1v) is 11.0. The Labute approximate surface area is 194 Å². The molecule has 0 aliphatic rings. The molecule has 0 amide bonds. The minimum atomic E-state index is -0.416. The molecule has 1 heterocycles. The van der Waals surface area contributed by atoms with Gasteiger partial charge >= 0.3 is 5.97 Å². The Hall–Kier alpha value is -3.48. The van der Waals surface area contributed by atoms with Crippen LogP contribution in [0.1, 0.15) is 38.8 Å². The zero-order valence-corrected chi connectivity index (χ0v) is 20.1. The number of aromatic nitrogens is 1. The van der Waals surface area contributed by atoms with E-state index in [4.69, 9.17) is 23.7 Å². The molecule has 0 N–H and O–H groups in total. The third-order valence-corrected chi connectivity index (χ3v) is 4.96. The fourth-order valence-corrected chi connectivity index (χ4v) is 3.57. The standard InChI is InChI=1S/C26H31NO6/c1-7-31-22-9-8-20-19(13-27-14-21(20)25(22)33-17(4)28)10-18-11-23(29-5)26(24(12-18)30-6)32-15-16(2)3/h8-9,11-14,16H,7,10,15H2,1-6H3. The van der Waals surface area contributed by atoms with Crippen molar-refractivity contribution in [1.29, 1.82) is 0 Å². The predicted molar refractivity (Wildman–Crippen MR) is 127 cm³/mol. The number of ether oxygens (including phenoxy) is 5. The summed E-state index contributed by atoms with van der Waals surface area (Å²) in [5.74, 6) is 2.65. The number of methoxy groups -OCH3 is 2. The van der Waals surface area contributed by atoms with Gasteiger partial charge in [0.25, 0.3) is 0 Å². The molecule has 3 rings (SSSR count). The number of benzene rings is 2. The van der Waals surface area contributed by atoms with Crippen molar-refractivity contribution >= 4 is 16.7 Å². The van der Waals surface area contributed by atoms with Crippen LogP contribution in [0.3, 0.4) is 0 Å². The first-order chi connectivity index (χ1) is 15.9. The minimum Gasteiger partial charge on any atom is -0.493 e. The van der Waals surface area contributed by atoms with Gasteiger partial charge in [0.15, 0.2) is 23.0 Å². The van der Waals surface area contributed by atoms with Gasteiger partial charge in [-0.3, -0.25) is 9.78 Å². The Morgan fingerprint density at radius 1 is 0.939 bits per heavy atom. The third kappa shape index (κ3) is 5.66. The quantitative estimate of drug-likeness (QED) is 0.308. The number of esters is 1. The van der Waals surface area contributed by atoms with E-state index in [2.05, 4.69) is 18.8 Å². The third-order valence-electron chi connectivity index (χ3n) is 4.96. The van der Waals surface area contributed by atoms with Gasteiger partial charge in [0.05, 0.1) is 27.4 Å². The molecule has 7 nitrogen and oxygen atoms in total. The van der Waals surface area contributed by atoms with Crippen LogP contribution < -0.4 is 23.7 Å². The molecule has 0 saturated carbocycles. The SMILES string of the molecule is CCOc1ccc2c(Cc3cc(OC)c(OCC(C)C)c(OC)c3)cncc2c1OC(C)=O. The number of fused-ring (bicyclic) bond motifs is 1. The molecule has 0 atom stereocenters. The molecule has 7 heteroatoms. The van der Waals surface area contributed by atoms with Crippen molar-refractivity contribution in [3.05, 3.63) is 47.8 Å². The zero-order chi connectivity index (χ0) is 24.0. The summed E-state index contributed by atoms with van der Waals surface area (Å²) in [5.41, 5.74) is 1.93. The van der Waals surface area contributed by atoms with E-state index in [9.17, 15) is 4.79 Å². The molecular formula is C26H31NO6. The average Bonchev–Trinajstić information content (AvgIpc) is 2.79. The average molecular weight is 454 g/mol. The van der Waals surface area contributed by atoms with E-state index in [1.807, 2.05) is 37.4 Å². The van der Waals surface area contributed by atoms with Gasteiger partial charge in [-0.25, -0.2) is 0 Å². The predicted octanol–water partition coefficient (Wildman–Crippen LogP) is 5.20. The Balaban J connectivity index is 2.05. The number of hydrogen-bond donors (Lipinski definition) is 0. The number of pyridine rings is 1. The van der Waals surface area contributed by atoms with Crippen molar-refractivity contribution in [2.45, 2.75) is 34.1 Å². The van der Waals surface area contributed by atoms with E-state index in [-0.39, 0.29) is 0 Å². The van der Waals surface area contributed by atoms with Gasteiger partial charge in [-0.05, 0) is 54.0 Å². The molecule has 0 spiro atoms. The van der Waals surface area contributed by atoms with Crippen LogP contribution >= 0.6 is 0 Å². The van der Waals surface area contributed by atoms with Crippen molar-refractivity contribution < 1.29 is 28.5 Å². The van der Waals surface area contributed by atoms with E-state index in [0.29, 0.717) is 59.7 Å². The van der Waals surface area contributed by atoms with Crippen LogP contribution in [0.5, 0.6) is 28.7 Å². The second kappa shape index (κ2) is 10.9. The highest BCUT2D eigenvalue weighted by molar-refractivity contribution is 5.94. The molecule has 1 aromatic heterocycles. The normalized spacial score (nSPS) is 10.9. The molecule has 33 heavy (non-hydrogen) atoms. The summed E-state index contributed by atoms with van der Waals surface area (Å²) in [7, 11) is 3.22. The molecule has 176 valence electrons. The number of rotatable bonds is 10. The molecule has 0 fully saturated rings. The summed E-state index contributed by atoms with van der Waals surface area (Å²) in [6.45, 7) is 8.43. The number of carbonyl (C=O) groups excluding carboxylic acids is 1. The molecule has 0 aliphatic heterocycles. The van der Waals surface area contributed by atoms with Crippen LogP contribution in [0.4, 0.5) is 0 Å². The Morgan fingerprint density at radius 2 is 1.64 bits per heavy atom. The fourth-order valence-electron chi connectivity index (χ4n) is 3.57. The lowest BCUT2D eigenvalue weighted by Crippen LogP contribution is -2.07. The molecule has 0 unspecified atom stereocenters. The molecule has 2 aromatic carbocycles. The van der Waals surface area contributed by atoms with Gasteiger partial charge in [0.2, 0.25) is 5.75 Å². The molecule has 0 bridgehead atoms. The molecule has 0 aliphatic carbocycles. The fraction of sp³-hybridized carbons (Fsp3) is 0.385. The highest BCUT2D eigenvalue weighted by Crippen LogP contribution is 2.41. The van der Waals surface area contributed by atoms with Crippen LogP contribution in [-0.2, 0) is 11.2 Å². The molecule has 3 aromatic rings. The first kappa shape index (κ1) is 24.2. The van der Waals surface area contributed by atoms with Gasteiger partial charge in [-0.2, -0.15) is 0 Å². The smallest absolute Gasteiger partial charge is 0.308 e. The Kier molecular flexibility index (Phi) is 7.98. The first-order valence-electron chi connectivity index (χ1n) is 11.0. The lowest BCUT2D eigenvalue weighted by molar-refractivity contribution is -0.131. The summed E-state index contributed by atoms with van der Waals surface area (Å²) < 4.78 is 28.3. The lowest BCUT2D eigenvalue weighted by atomic mass is 9.99. The second-order valence-corrected chi connectivity index (χ2v) is 8.02. The van der Waals surface area contributed by atoms with Gasteiger partial charge in [-0.1, -0.05) is 19.9 Å². The second-order valence-electron chi connectivity index (χ2n) is 8.02. The van der Waals surface area contributed by atoms with Gasteiger partial charge in [0, 0.05) is 24.7 Å². The maximum Gasteiger partial charge on any atom is 0.308 e. The summed E-state index contributed by atoms with van der Waals surface area (Å²) in [5, 5.41) is 1.63. The maximum absolute atomic E-state index is 11.7. The largest absolute Gasteiger partial charge is 0.493 e. The van der Waals surface area contributed by atoms with Gasteiger partial charge in [0.1, 0.15) is 0 Å². The van der Waals surface area contributed by atoms with Crippen molar-refractivity contribution in [2.24, 2.45) is 5.92 Å². The van der Waals surface area contributed by atoms with Crippen molar-refractivity contribution in [3.8, 4) is 28.7 Å². The van der Waals surface area contributed by atoms with E-state index < -0.39 is 5.97 Å². The van der Waals surface area contributed by atoms with Crippen molar-refractivity contribution in [2.75, 3.05) is 27.4 Å². The molecular weight excluding hydrogens is 422 g/mol. The van der Waals surface area contributed by atoms with Crippen LogP contribution in [0.15, 0.2) is 36.7 Å².